The number of hydrogen-bond donors (Lipinski definition) is 1. The van der Waals surface area contributed by atoms with Gasteiger partial charge in [0.05, 0.1) is 11.4 Å². The van der Waals surface area contributed by atoms with Crippen molar-refractivity contribution in [3.05, 3.63) is 54.6 Å². The summed E-state index contributed by atoms with van der Waals surface area (Å²) in [6.45, 7) is 6.89. The molecule has 2 amide bonds. The summed E-state index contributed by atoms with van der Waals surface area (Å²) in [6.07, 6.45) is 2.17. The van der Waals surface area contributed by atoms with E-state index < -0.39 is 0 Å². The molecule has 0 radical (unpaired) electrons. The Morgan fingerprint density at radius 2 is 1.63 bits per heavy atom. The number of anilines is 1. The lowest BCUT2D eigenvalue weighted by Crippen LogP contribution is -2.38. The highest BCUT2D eigenvalue weighted by Gasteiger charge is 2.18. The average molecular weight is 365 g/mol. The smallest absolute Gasteiger partial charge is 0.321 e. The van der Waals surface area contributed by atoms with Gasteiger partial charge in [-0.2, -0.15) is 10.2 Å². The fraction of sp³-hybridized carbons (Fsp3) is 0.381. The van der Waals surface area contributed by atoms with Gasteiger partial charge in [0.2, 0.25) is 0 Å². The zero-order chi connectivity index (χ0) is 18.9. The minimum Gasteiger partial charge on any atom is -0.323 e. The van der Waals surface area contributed by atoms with Crippen LogP contribution in [0.25, 0.3) is 0 Å². The molecule has 0 unspecified atom stereocenters. The van der Waals surface area contributed by atoms with Crippen LogP contribution in [0.3, 0.4) is 0 Å². The molecular weight excluding hydrogens is 338 g/mol. The van der Waals surface area contributed by atoms with Crippen LogP contribution in [0, 0.1) is 0 Å². The van der Waals surface area contributed by atoms with Crippen molar-refractivity contribution in [1.82, 2.24) is 9.80 Å². The van der Waals surface area contributed by atoms with Crippen molar-refractivity contribution in [2.75, 3.05) is 38.0 Å². The first-order chi connectivity index (χ1) is 13.2. The maximum atomic E-state index is 12.5. The second-order valence-corrected chi connectivity index (χ2v) is 6.69. The topological polar surface area (TPSA) is 60.3 Å². The van der Waals surface area contributed by atoms with Crippen molar-refractivity contribution in [3.63, 3.8) is 0 Å². The first-order valence-electron chi connectivity index (χ1n) is 9.60. The van der Waals surface area contributed by atoms with Crippen LogP contribution in [-0.4, -0.2) is 48.6 Å². The van der Waals surface area contributed by atoms with Gasteiger partial charge < -0.3 is 15.1 Å². The largest absolute Gasteiger partial charge is 0.323 e. The van der Waals surface area contributed by atoms with E-state index in [1.165, 1.54) is 0 Å². The minimum absolute atomic E-state index is 0.0352. The summed E-state index contributed by atoms with van der Waals surface area (Å²) in [4.78, 5) is 16.9. The van der Waals surface area contributed by atoms with Crippen LogP contribution in [0.15, 0.2) is 64.8 Å². The molecule has 1 aliphatic rings. The first-order valence-corrected chi connectivity index (χ1v) is 9.60. The van der Waals surface area contributed by atoms with Gasteiger partial charge in [0, 0.05) is 25.3 Å². The Hall–Kier alpha value is -2.73. The second-order valence-electron chi connectivity index (χ2n) is 6.69. The molecule has 1 aliphatic heterocycles. The van der Waals surface area contributed by atoms with Crippen LogP contribution in [0.5, 0.6) is 0 Å². The van der Waals surface area contributed by atoms with E-state index in [0.29, 0.717) is 0 Å². The van der Waals surface area contributed by atoms with E-state index in [2.05, 4.69) is 27.4 Å². The van der Waals surface area contributed by atoms with E-state index in [1.54, 1.807) is 0 Å². The normalized spacial score (nSPS) is 15.7. The molecule has 6 nitrogen and oxygen atoms in total. The van der Waals surface area contributed by atoms with Crippen LogP contribution in [0.1, 0.15) is 19.8 Å². The maximum Gasteiger partial charge on any atom is 0.321 e. The lowest BCUT2D eigenvalue weighted by molar-refractivity contribution is 0.211. The van der Waals surface area contributed by atoms with Gasteiger partial charge in [-0.1, -0.05) is 25.1 Å². The predicted octanol–water partition coefficient (Wildman–Crippen LogP) is 5.05. The number of rotatable bonds is 5. The van der Waals surface area contributed by atoms with Crippen LogP contribution >= 0.6 is 0 Å². The molecule has 1 fully saturated rings. The van der Waals surface area contributed by atoms with Crippen LogP contribution < -0.4 is 5.32 Å². The van der Waals surface area contributed by atoms with Gasteiger partial charge in [0.15, 0.2) is 0 Å². The minimum atomic E-state index is -0.0352. The molecule has 0 aliphatic carbocycles. The number of amides is 2. The van der Waals surface area contributed by atoms with Crippen molar-refractivity contribution in [1.29, 1.82) is 0 Å². The van der Waals surface area contributed by atoms with Gasteiger partial charge in [0.1, 0.15) is 0 Å². The van der Waals surface area contributed by atoms with E-state index in [9.17, 15) is 4.79 Å². The highest BCUT2D eigenvalue weighted by atomic mass is 16.2. The number of urea groups is 1. The summed E-state index contributed by atoms with van der Waals surface area (Å²) in [5.74, 6) is 0. The Labute approximate surface area is 160 Å². The van der Waals surface area contributed by atoms with Gasteiger partial charge in [-0.25, -0.2) is 4.79 Å². The first kappa shape index (κ1) is 19.0. The standard InChI is InChI=1S/C21H27N5O/c1-2-13-25-14-6-15-26(17-16-25)21(27)22-18-9-11-20(12-10-18)24-23-19-7-4-3-5-8-19/h3-5,7-12H,2,6,13-17H2,1H3,(H,22,27). The molecule has 2 aromatic carbocycles. The Balaban J connectivity index is 1.53. The van der Waals surface area contributed by atoms with Crippen LogP contribution in [0.2, 0.25) is 0 Å². The SMILES string of the molecule is CCCN1CCCN(C(=O)Nc2ccc(N=Nc3ccccc3)cc2)CC1. The molecule has 1 saturated heterocycles. The number of benzene rings is 2. The summed E-state index contributed by atoms with van der Waals surface area (Å²) in [7, 11) is 0. The molecule has 1 N–H and O–H groups in total. The van der Waals surface area contributed by atoms with Crippen LogP contribution in [-0.2, 0) is 0 Å². The summed E-state index contributed by atoms with van der Waals surface area (Å²) in [5.41, 5.74) is 2.34. The van der Waals surface area contributed by atoms with Crippen molar-refractivity contribution in [2.24, 2.45) is 10.2 Å². The zero-order valence-corrected chi connectivity index (χ0v) is 15.8. The van der Waals surface area contributed by atoms with E-state index in [-0.39, 0.29) is 6.03 Å². The fourth-order valence-electron chi connectivity index (χ4n) is 3.14. The molecular formula is C21H27N5O. The van der Waals surface area contributed by atoms with Gasteiger partial charge in [-0.15, -0.1) is 0 Å². The average Bonchev–Trinajstić information content (AvgIpc) is 2.94. The molecule has 0 atom stereocenters. The number of azo groups is 1. The highest BCUT2D eigenvalue weighted by molar-refractivity contribution is 5.89. The van der Waals surface area contributed by atoms with Crippen molar-refractivity contribution < 1.29 is 4.79 Å². The monoisotopic (exact) mass is 365 g/mol. The Morgan fingerprint density at radius 3 is 2.33 bits per heavy atom. The van der Waals surface area contributed by atoms with Gasteiger partial charge >= 0.3 is 6.03 Å². The summed E-state index contributed by atoms with van der Waals surface area (Å²) < 4.78 is 0. The fourth-order valence-corrected chi connectivity index (χ4v) is 3.14. The van der Waals surface area contributed by atoms with E-state index >= 15 is 0 Å². The molecule has 1 heterocycles. The van der Waals surface area contributed by atoms with E-state index in [0.717, 1.165) is 62.6 Å². The molecule has 2 aromatic rings. The molecule has 0 aromatic heterocycles. The van der Waals surface area contributed by atoms with Gasteiger partial charge in [0.25, 0.3) is 0 Å². The number of nitrogens with one attached hydrogen (secondary N) is 1. The lowest BCUT2D eigenvalue weighted by atomic mass is 10.3. The van der Waals surface area contributed by atoms with E-state index in [1.807, 2.05) is 59.5 Å². The maximum absolute atomic E-state index is 12.5. The third-order valence-corrected chi connectivity index (χ3v) is 4.57. The molecule has 0 bridgehead atoms. The Kier molecular flexibility index (Phi) is 6.93. The summed E-state index contributed by atoms with van der Waals surface area (Å²) in [5, 5.41) is 11.4. The summed E-state index contributed by atoms with van der Waals surface area (Å²) >= 11 is 0. The molecule has 6 heteroatoms. The third kappa shape index (κ3) is 5.89. The molecule has 0 spiro atoms. The highest BCUT2D eigenvalue weighted by Crippen LogP contribution is 2.20. The number of nitrogens with zero attached hydrogens (tertiary/aromatic N) is 4. The van der Waals surface area contributed by atoms with Gasteiger partial charge in [-0.05, 0) is 62.3 Å². The van der Waals surface area contributed by atoms with Crippen LogP contribution in [0.4, 0.5) is 21.9 Å². The van der Waals surface area contributed by atoms with Crippen molar-refractivity contribution >= 4 is 23.1 Å². The quantitative estimate of drug-likeness (QED) is 0.754. The Bertz CT molecular complexity index is 745. The molecule has 142 valence electrons. The lowest BCUT2D eigenvalue weighted by Gasteiger charge is -2.22. The molecule has 3 rings (SSSR count). The van der Waals surface area contributed by atoms with Crippen molar-refractivity contribution in [3.8, 4) is 0 Å². The third-order valence-electron chi connectivity index (χ3n) is 4.57. The van der Waals surface area contributed by atoms with Gasteiger partial charge in [-0.3, -0.25) is 0 Å². The number of carbonyl (C=O) groups excluding carboxylic acids is 1. The zero-order valence-electron chi connectivity index (χ0n) is 15.8. The number of carbonyl (C=O) groups is 1. The molecule has 27 heavy (non-hydrogen) atoms. The second kappa shape index (κ2) is 9.83. The van der Waals surface area contributed by atoms with Crippen molar-refractivity contribution in [2.45, 2.75) is 19.8 Å². The molecule has 0 saturated carbocycles. The predicted molar refractivity (Wildman–Crippen MR) is 109 cm³/mol. The number of hydrogen-bond acceptors (Lipinski definition) is 4. The Morgan fingerprint density at radius 1 is 0.926 bits per heavy atom. The summed E-state index contributed by atoms with van der Waals surface area (Å²) in [6, 6.07) is 17.0. The van der Waals surface area contributed by atoms with E-state index in [4.69, 9.17) is 0 Å².